The molecule has 0 N–H and O–H groups in total. The molecule has 1 aliphatic rings. The van der Waals surface area contributed by atoms with E-state index in [1.165, 1.54) is 5.56 Å². The summed E-state index contributed by atoms with van der Waals surface area (Å²) in [5.74, 6) is 0.231. The zero-order valence-electron chi connectivity index (χ0n) is 11.4. The monoisotopic (exact) mass is 267 g/mol. The van der Waals surface area contributed by atoms with Gasteiger partial charge in [0.15, 0.2) is 5.78 Å². The first kappa shape index (κ1) is 13.7. The summed E-state index contributed by atoms with van der Waals surface area (Å²) in [6.07, 6.45) is 0.988. The van der Waals surface area contributed by atoms with E-state index < -0.39 is 5.54 Å². The van der Waals surface area contributed by atoms with E-state index in [1.54, 1.807) is 11.3 Å². The van der Waals surface area contributed by atoms with Crippen molar-refractivity contribution in [2.45, 2.75) is 32.7 Å². The van der Waals surface area contributed by atoms with E-state index >= 15 is 0 Å². The van der Waals surface area contributed by atoms with Crippen LogP contribution in [0.4, 0.5) is 0 Å². The van der Waals surface area contributed by atoms with Crippen molar-refractivity contribution in [2.24, 2.45) is 0 Å². The standard InChI is InChI=1S/C14H21NO2S/c1-4-11-9-12(18-10-11)13(16)14(2,3)15-5-7-17-8-6-15/h9-10H,4-8H2,1-3H3. The molecule has 1 aliphatic heterocycles. The largest absolute Gasteiger partial charge is 0.379 e. The smallest absolute Gasteiger partial charge is 0.192 e. The second kappa shape index (κ2) is 5.51. The van der Waals surface area contributed by atoms with Crippen LogP contribution in [0.1, 0.15) is 36.0 Å². The van der Waals surface area contributed by atoms with Crippen molar-refractivity contribution in [3.8, 4) is 0 Å². The molecule has 2 heterocycles. The van der Waals surface area contributed by atoms with Gasteiger partial charge in [0.2, 0.25) is 0 Å². The van der Waals surface area contributed by atoms with Gasteiger partial charge in [0.05, 0.1) is 23.6 Å². The number of hydrogen-bond acceptors (Lipinski definition) is 4. The molecular weight excluding hydrogens is 246 g/mol. The van der Waals surface area contributed by atoms with Crippen LogP contribution in [-0.4, -0.2) is 42.5 Å². The third-order valence-electron chi connectivity index (χ3n) is 3.64. The number of carbonyl (C=O) groups excluding carboxylic acids is 1. The number of carbonyl (C=O) groups is 1. The fraction of sp³-hybridized carbons (Fsp3) is 0.643. The van der Waals surface area contributed by atoms with Crippen LogP contribution in [0.3, 0.4) is 0 Å². The molecule has 0 aliphatic carbocycles. The summed E-state index contributed by atoms with van der Waals surface area (Å²) in [5, 5.41) is 2.09. The molecule has 0 spiro atoms. The number of morpholine rings is 1. The maximum atomic E-state index is 12.6. The highest BCUT2D eigenvalue weighted by molar-refractivity contribution is 7.12. The predicted octanol–water partition coefficient (Wildman–Crippen LogP) is 2.60. The summed E-state index contributed by atoms with van der Waals surface area (Å²) < 4.78 is 5.35. The van der Waals surface area contributed by atoms with Gasteiger partial charge in [-0.15, -0.1) is 11.3 Å². The molecule has 0 unspecified atom stereocenters. The van der Waals surface area contributed by atoms with E-state index in [9.17, 15) is 4.79 Å². The van der Waals surface area contributed by atoms with Gasteiger partial charge in [-0.2, -0.15) is 0 Å². The minimum Gasteiger partial charge on any atom is -0.379 e. The van der Waals surface area contributed by atoms with Gasteiger partial charge in [-0.1, -0.05) is 6.92 Å². The molecule has 100 valence electrons. The summed E-state index contributed by atoms with van der Waals surface area (Å²) in [4.78, 5) is 15.7. The van der Waals surface area contributed by atoms with Crippen LogP contribution in [0.5, 0.6) is 0 Å². The average molecular weight is 267 g/mol. The molecule has 0 aromatic carbocycles. The Balaban J connectivity index is 2.15. The minimum absolute atomic E-state index is 0.231. The first-order valence-electron chi connectivity index (χ1n) is 6.50. The Morgan fingerprint density at radius 2 is 2.11 bits per heavy atom. The summed E-state index contributed by atoms with van der Waals surface area (Å²) in [5.41, 5.74) is 0.820. The molecular formula is C14H21NO2S. The second-order valence-corrected chi connectivity index (χ2v) is 6.07. The van der Waals surface area contributed by atoms with Crippen LogP contribution in [-0.2, 0) is 11.2 Å². The fourth-order valence-electron chi connectivity index (χ4n) is 2.25. The molecule has 0 bridgehead atoms. The molecule has 0 radical (unpaired) electrons. The number of ether oxygens (including phenoxy) is 1. The molecule has 1 saturated heterocycles. The van der Waals surface area contributed by atoms with Crippen molar-refractivity contribution in [1.29, 1.82) is 0 Å². The molecule has 1 fully saturated rings. The minimum atomic E-state index is -0.431. The lowest BCUT2D eigenvalue weighted by molar-refractivity contribution is -0.00414. The highest BCUT2D eigenvalue weighted by Crippen LogP contribution is 2.25. The zero-order chi connectivity index (χ0) is 13.2. The number of ketones is 1. The van der Waals surface area contributed by atoms with Gasteiger partial charge in [-0.05, 0) is 37.3 Å². The highest BCUT2D eigenvalue weighted by atomic mass is 32.1. The summed E-state index contributed by atoms with van der Waals surface area (Å²) in [6.45, 7) is 9.28. The van der Waals surface area contributed by atoms with Crippen molar-refractivity contribution < 1.29 is 9.53 Å². The third kappa shape index (κ3) is 2.66. The molecule has 1 aromatic heterocycles. The molecule has 0 saturated carbocycles. The zero-order valence-corrected chi connectivity index (χ0v) is 12.2. The Labute approximate surface area is 113 Å². The topological polar surface area (TPSA) is 29.5 Å². The van der Waals surface area contributed by atoms with E-state index in [1.807, 2.05) is 19.9 Å². The molecule has 2 rings (SSSR count). The fourth-order valence-corrected chi connectivity index (χ4v) is 3.34. The summed E-state index contributed by atoms with van der Waals surface area (Å²) >= 11 is 1.57. The normalized spacial score (nSPS) is 17.9. The maximum absolute atomic E-state index is 12.6. The van der Waals surface area contributed by atoms with Crippen molar-refractivity contribution >= 4 is 17.1 Å². The quantitative estimate of drug-likeness (QED) is 0.785. The van der Waals surface area contributed by atoms with Crippen LogP contribution >= 0.6 is 11.3 Å². The van der Waals surface area contributed by atoms with E-state index in [0.717, 1.165) is 37.6 Å². The number of hydrogen-bond donors (Lipinski definition) is 0. The Kier molecular flexibility index (Phi) is 4.20. The van der Waals surface area contributed by atoms with Crippen molar-refractivity contribution in [1.82, 2.24) is 4.90 Å². The molecule has 0 amide bonds. The van der Waals surface area contributed by atoms with Gasteiger partial charge in [0.1, 0.15) is 0 Å². The van der Waals surface area contributed by atoms with E-state index in [4.69, 9.17) is 4.74 Å². The Hall–Kier alpha value is -0.710. The predicted molar refractivity (Wildman–Crippen MR) is 74.5 cm³/mol. The second-order valence-electron chi connectivity index (χ2n) is 5.16. The van der Waals surface area contributed by atoms with Gasteiger partial charge < -0.3 is 4.74 Å². The van der Waals surface area contributed by atoms with Gasteiger partial charge in [0, 0.05) is 13.1 Å². The lowest BCUT2D eigenvalue weighted by atomic mass is 9.94. The molecule has 18 heavy (non-hydrogen) atoms. The van der Waals surface area contributed by atoms with Gasteiger partial charge in [-0.3, -0.25) is 9.69 Å². The maximum Gasteiger partial charge on any atom is 0.192 e. The van der Waals surface area contributed by atoms with Crippen molar-refractivity contribution in [2.75, 3.05) is 26.3 Å². The first-order valence-corrected chi connectivity index (χ1v) is 7.38. The third-order valence-corrected chi connectivity index (χ3v) is 4.62. The van der Waals surface area contributed by atoms with Crippen molar-refractivity contribution in [3.05, 3.63) is 21.9 Å². The Bertz CT molecular complexity index is 419. The molecule has 0 atom stereocenters. The number of thiophene rings is 1. The number of aryl methyl sites for hydroxylation is 1. The van der Waals surface area contributed by atoms with E-state index in [0.29, 0.717) is 0 Å². The Morgan fingerprint density at radius 3 is 2.67 bits per heavy atom. The lowest BCUT2D eigenvalue weighted by Gasteiger charge is -2.39. The first-order chi connectivity index (χ1) is 8.55. The van der Waals surface area contributed by atoms with E-state index in [-0.39, 0.29) is 5.78 Å². The SMILES string of the molecule is CCc1csc(C(=O)C(C)(C)N2CCOCC2)c1. The van der Waals surface area contributed by atoms with E-state index in [2.05, 4.69) is 17.2 Å². The van der Waals surface area contributed by atoms with Crippen molar-refractivity contribution in [3.63, 3.8) is 0 Å². The Morgan fingerprint density at radius 1 is 1.44 bits per heavy atom. The number of rotatable bonds is 4. The molecule has 4 heteroatoms. The lowest BCUT2D eigenvalue weighted by Crippen LogP contribution is -2.54. The molecule has 1 aromatic rings. The van der Waals surface area contributed by atoms with Crippen LogP contribution < -0.4 is 0 Å². The van der Waals surface area contributed by atoms with Crippen LogP contribution in [0, 0.1) is 0 Å². The average Bonchev–Trinajstić information content (AvgIpc) is 2.87. The number of nitrogens with zero attached hydrogens (tertiary/aromatic N) is 1. The summed E-state index contributed by atoms with van der Waals surface area (Å²) in [7, 11) is 0. The summed E-state index contributed by atoms with van der Waals surface area (Å²) in [6, 6.07) is 2.04. The molecule has 3 nitrogen and oxygen atoms in total. The highest BCUT2D eigenvalue weighted by Gasteiger charge is 2.36. The van der Waals surface area contributed by atoms with Crippen LogP contribution in [0.15, 0.2) is 11.4 Å². The number of Topliss-reactive ketones (excluding diaryl/α,β-unsaturated/α-hetero) is 1. The van der Waals surface area contributed by atoms with Gasteiger partial charge in [-0.25, -0.2) is 0 Å². The van der Waals surface area contributed by atoms with Gasteiger partial charge >= 0.3 is 0 Å². The van der Waals surface area contributed by atoms with Crippen LogP contribution in [0.2, 0.25) is 0 Å². The van der Waals surface area contributed by atoms with Gasteiger partial charge in [0.25, 0.3) is 0 Å². The van der Waals surface area contributed by atoms with Crippen LogP contribution in [0.25, 0.3) is 0 Å².